The largest absolute Gasteiger partial charge is 0.396 e. The fraction of sp³-hybridized carbons (Fsp3) is 0.667. The van der Waals surface area contributed by atoms with Crippen molar-refractivity contribution < 1.29 is 0 Å². The van der Waals surface area contributed by atoms with Gasteiger partial charge in [0, 0.05) is 0 Å². The molecule has 1 fully saturated rings. The van der Waals surface area contributed by atoms with Gasteiger partial charge >= 0.3 is 0 Å². The van der Waals surface area contributed by atoms with Crippen LogP contribution < -0.4 is 11.3 Å². The van der Waals surface area contributed by atoms with E-state index in [2.05, 4.69) is 5.10 Å². The van der Waals surface area contributed by atoms with Crippen molar-refractivity contribution in [2.75, 3.05) is 5.73 Å². The molecular formula is C12H18ClN3O. The third kappa shape index (κ3) is 2.80. The molecule has 4 nitrogen and oxygen atoms in total. The summed E-state index contributed by atoms with van der Waals surface area (Å²) in [5.74, 6) is 0. The number of aromatic nitrogens is 2. The van der Waals surface area contributed by atoms with Crippen LogP contribution >= 0.6 is 11.6 Å². The number of hydrogen-bond acceptors (Lipinski definition) is 3. The zero-order valence-corrected chi connectivity index (χ0v) is 10.6. The lowest BCUT2D eigenvalue weighted by molar-refractivity contribution is 0.336. The standard InChI is InChI=1S/C12H18ClN3O/c13-11-10(14)8-15-16(12(11)17)9-6-4-2-1-3-5-7-9/h8-9H,1-7,14H2. The van der Waals surface area contributed by atoms with Gasteiger partial charge in [0.1, 0.15) is 5.02 Å². The van der Waals surface area contributed by atoms with Gasteiger partial charge in [-0.2, -0.15) is 5.10 Å². The summed E-state index contributed by atoms with van der Waals surface area (Å²) in [6, 6.07) is 0.181. The first-order valence-corrected chi connectivity index (χ1v) is 6.60. The molecule has 0 aliphatic heterocycles. The van der Waals surface area contributed by atoms with E-state index in [0.717, 1.165) is 25.7 Å². The van der Waals surface area contributed by atoms with Crippen LogP contribution in [0.2, 0.25) is 5.02 Å². The van der Waals surface area contributed by atoms with Gasteiger partial charge < -0.3 is 5.73 Å². The topological polar surface area (TPSA) is 60.9 Å². The zero-order valence-electron chi connectivity index (χ0n) is 9.86. The number of hydrogen-bond donors (Lipinski definition) is 1. The van der Waals surface area contributed by atoms with E-state index in [1.54, 1.807) is 0 Å². The maximum atomic E-state index is 12.0. The van der Waals surface area contributed by atoms with Gasteiger partial charge in [-0.1, -0.05) is 43.7 Å². The molecule has 0 saturated heterocycles. The van der Waals surface area contributed by atoms with Crippen molar-refractivity contribution in [3.8, 4) is 0 Å². The van der Waals surface area contributed by atoms with Gasteiger partial charge in [0.05, 0.1) is 17.9 Å². The normalized spacial score (nSPS) is 18.6. The van der Waals surface area contributed by atoms with Crippen molar-refractivity contribution in [3.05, 3.63) is 21.6 Å². The van der Waals surface area contributed by atoms with E-state index in [4.69, 9.17) is 17.3 Å². The summed E-state index contributed by atoms with van der Waals surface area (Å²) in [4.78, 5) is 12.0. The molecule has 0 atom stereocenters. The van der Waals surface area contributed by atoms with Crippen molar-refractivity contribution in [1.29, 1.82) is 0 Å². The lowest BCUT2D eigenvalue weighted by atomic mass is 9.97. The summed E-state index contributed by atoms with van der Waals surface area (Å²) < 4.78 is 1.52. The van der Waals surface area contributed by atoms with Crippen LogP contribution in [0.3, 0.4) is 0 Å². The van der Waals surface area contributed by atoms with E-state index in [0.29, 0.717) is 0 Å². The molecule has 2 rings (SSSR count). The third-order valence-corrected chi connectivity index (χ3v) is 3.77. The van der Waals surface area contributed by atoms with E-state index in [-0.39, 0.29) is 22.3 Å². The molecule has 0 aromatic carbocycles. The van der Waals surface area contributed by atoms with Crippen LogP contribution in [0.5, 0.6) is 0 Å². The van der Waals surface area contributed by atoms with Crippen LogP contribution in [0.4, 0.5) is 5.69 Å². The fourth-order valence-electron chi connectivity index (χ4n) is 2.40. The highest BCUT2D eigenvalue weighted by atomic mass is 35.5. The van der Waals surface area contributed by atoms with Crippen molar-refractivity contribution in [1.82, 2.24) is 9.78 Å². The minimum Gasteiger partial charge on any atom is -0.396 e. The van der Waals surface area contributed by atoms with Gasteiger partial charge in [-0.15, -0.1) is 0 Å². The molecule has 1 heterocycles. The summed E-state index contributed by atoms with van der Waals surface area (Å²) in [6.45, 7) is 0. The second kappa shape index (κ2) is 5.54. The highest BCUT2D eigenvalue weighted by Crippen LogP contribution is 2.25. The Morgan fingerprint density at radius 2 is 1.82 bits per heavy atom. The zero-order chi connectivity index (χ0) is 12.3. The van der Waals surface area contributed by atoms with E-state index in [9.17, 15) is 4.79 Å². The third-order valence-electron chi connectivity index (χ3n) is 3.39. The average Bonchev–Trinajstić information content (AvgIpc) is 2.27. The Balaban J connectivity index is 2.26. The number of anilines is 1. The highest BCUT2D eigenvalue weighted by Gasteiger charge is 2.17. The monoisotopic (exact) mass is 255 g/mol. The molecule has 1 aromatic heterocycles. The molecule has 0 spiro atoms. The van der Waals surface area contributed by atoms with Gasteiger partial charge in [0.15, 0.2) is 0 Å². The molecule has 0 bridgehead atoms. The second-order valence-corrected chi connectivity index (χ2v) is 5.04. The molecule has 94 valence electrons. The molecule has 0 radical (unpaired) electrons. The first-order valence-electron chi connectivity index (χ1n) is 6.23. The molecule has 2 N–H and O–H groups in total. The van der Waals surface area contributed by atoms with Crippen molar-refractivity contribution >= 4 is 17.3 Å². The lowest BCUT2D eigenvalue weighted by Gasteiger charge is -2.21. The predicted octanol–water partition coefficient (Wildman–Crippen LogP) is 2.76. The highest BCUT2D eigenvalue weighted by molar-refractivity contribution is 6.32. The predicted molar refractivity (Wildman–Crippen MR) is 69.3 cm³/mol. The molecule has 0 amide bonds. The molecule has 1 aromatic rings. The first-order chi connectivity index (χ1) is 8.20. The molecule has 5 heteroatoms. The second-order valence-electron chi connectivity index (χ2n) is 4.66. The summed E-state index contributed by atoms with van der Waals surface area (Å²) in [7, 11) is 0. The van der Waals surface area contributed by atoms with Gasteiger partial charge in [0.25, 0.3) is 5.56 Å². The summed E-state index contributed by atoms with van der Waals surface area (Å²) in [5.41, 5.74) is 5.58. The Morgan fingerprint density at radius 3 is 2.47 bits per heavy atom. The van der Waals surface area contributed by atoms with E-state index < -0.39 is 0 Å². The quantitative estimate of drug-likeness (QED) is 0.839. The molecular weight excluding hydrogens is 238 g/mol. The molecule has 1 saturated carbocycles. The van der Waals surface area contributed by atoms with Crippen LogP contribution in [0.15, 0.2) is 11.0 Å². The maximum absolute atomic E-state index is 12.0. The number of rotatable bonds is 1. The first kappa shape index (κ1) is 12.4. The van der Waals surface area contributed by atoms with Gasteiger partial charge in [-0.05, 0) is 12.8 Å². The van der Waals surface area contributed by atoms with E-state index >= 15 is 0 Å². The van der Waals surface area contributed by atoms with Crippen LogP contribution in [0.1, 0.15) is 51.0 Å². The number of nitrogens with two attached hydrogens (primary N) is 1. The van der Waals surface area contributed by atoms with Crippen LogP contribution in [0.25, 0.3) is 0 Å². The molecule has 1 aliphatic carbocycles. The maximum Gasteiger partial charge on any atom is 0.287 e. The van der Waals surface area contributed by atoms with E-state index in [1.807, 2.05) is 0 Å². The van der Waals surface area contributed by atoms with Crippen LogP contribution in [-0.4, -0.2) is 9.78 Å². The Hall–Kier alpha value is -1.03. The Labute approximate surface area is 106 Å². The lowest BCUT2D eigenvalue weighted by Crippen LogP contribution is -2.28. The number of nitrogens with zero attached hydrogens (tertiary/aromatic N) is 2. The SMILES string of the molecule is Nc1cnn(C2CCCCCCC2)c(=O)c1Cl. The summed E-state index contributed by atoms with van der Waals surface area (Å²) in [6.07, 6.45) is 9.59. The minimum absolute atomic E-state index is 0.0991. The number of halogens is 1. The van der Waals surface area contributed by atoms with Crippen molar-refractivity contribution in [2.24, 2.45) is 0 Å². The Kier molecular flexibility index (Phi) is 4.05. The summed E-state index contributed by atoms with van der Waals surface area (Å²) >= 11 is 5.88. The van der Waals surface area contributed by atoms with Gasteiger partial charge in [-0.3, -0.25) is 4.79 Å². The van der Waals surface area contributed by atoms with Crippen LogP contribution in [-0.2, 0) is 0 Å². The van der Waals surface area contributed by atoms with E-state index in [1.165, 1.54) is 30.1 Å². The summed E-state index contributed by atoms with van der Waals surface area (Å²) in [5, 5.41) is 4.23. The van der Waals surface area contributed by atoms with Crippen molar-refractivity contribution in [2.45, 2.75) is 51.0 Å². The average molecular weight is 256 g/mol. The Morgan fingerprint density at radius 1 is 1.24 bits per heavy atom. The molecule has 1 aliphatic rings. The van der Waals surface area contributed by atoms with Gasteiger partial charge in [0.2, 0.25) is 0 Å². The van der Waals surface area contributed by atoms with Crippen molar-refractivity contribution in [3.63, 3.8) is 0 Å². The Bertz CT molecular complexity index is 436. The smallest absolute Gasteiger partial charge is 0.287 e. The van der Waals surface area contributed by atoms with Gasteiger partial charge in [-0.25, -0.2) is 4.68 Å². The molecule has 0 unspecified atom stereocenters. The fourth-order valence-corrected chi connectivity index (χ4v) is 2.53. The van der Waals surface area contributed by atoms with Crippen LogP contribution in [0, 0.1) is 0 Å². The number of nitrogen functional groups attached to an aromatic ring is 1. The molecule has 17 heavy (non-hydrogen) atoms. The minimum atomic E-state index is -0.253.